The Balaban J connectivity index is 1.67. The molecule has 1 unspecified atom stereocenters. The van der Waals surface area contributed by atoms with E-state index < -0.39 is 6.10 Å². The molecule has 0 saturated carbocycles. The molecule has 1 N–H and O–H groups in total. The molecule has 4 nitrogen and oxygen atoms in total. The zero-order chi connectivity index (χ0) is 16.9. The van der Waals surface area contributed by atoms with Crippen LogP contribution in [-0.2, 0) is 17.9 Å². The number of rotatable bonds is 5. The number of nitrogens with zero attached hydrogens (tertiary/aromatic N) is 2. The number of amides is 1. The summed E-state index contributed by atoms with van der Waals surface area (Å²) in [5.41, 5.74) is 2.27. The lowest BCUT2D eigenvalue weighted by Gasteiger charge is -2.27. The lowest BCUT2D eigenvalue weighted by Crippen LogP contribution is -2.43. The average molecular weight is 324 g/mol. The monoisotopic (exact) mass is 324 g/mol. The van der Waals surface area contributed by atoms with Crippen molar-refractivity contribution in [2.45, 2.75) is 31.7 Å². The Bertz CT molecular complexity index is 660. The van der Waals surface area contributed by atoms with E-state index in [9.17, 15) is 9.90 Å². The highest BCUT2D eigenvalue weighted by Crippen LogP contribution is 2.22. The van der Waals surface area contributed by atoms with Crippen LogP contribution in [0, 0.1) is 0 Å². The first-order chi connectivity index (χ1) is 11.6. The zero-order valence-corrected chi connectivity index (χ0v) is 14.0. The van der Waals surface area contributed by atoms with Gasteiger partial charge in [0, 0.05) is 26.7 Å². The van der Waals surface area contributed by atoms with Gasteiger partial charge in [0.2, 0.25) is 5.91 Å². The third-order valence-corrected chi connectivity index (χ3v) is 4.53. The second kappa shape index (κ2) is 7.60. The van der Waals surface area contributed by atoms with Gasteiger partial charge in [-0.15, -0.1) is 0 Å². The van der Waals surface area contributed by atoms with Crippen LogP contribution in [0.5, 0.6) is 0 Å². The molecule has 126 valence electrons. The Labute approximate surface area is 143 Å². The van der Waals surface area contributed by atoms with Gasteiger partial charge in [-0.1, -0.05) is 60.7 Å². The van der Waals surface area contributed by atoms with E-state index in [0.717, 1.165) is 11.1 Å². The van der Waals surface area contributed by atoms with Crippen LogP contribution in [0.3, 0.4) is 0 Å². The Morgan fingerprint density at radius 2 is 1.67 bits per heavy atom. The van der Waals surface area contributed by atoms with Gasteiger partial charge in [0.15, 0.2) is 0 Å². The molecule has 2 aromatic carbocycles. The van der Waals surface area contributed by atoms with Gasteiger partial charge in [-0.2, -0.15) is 0 Å². The molecule has 1 aliphatic heterocycles. The molecule has 0 spiro atoms. The van der Waals surface area contributed by atoms with Gasteiger partial charge in [-0.05, 0) is 17.5 Å². The second-order valence-corrected chi connectivity index (χ2v) is 6.50. The number of likely N-dealkylation sites (tertiary alicyclic amines) is 1. The molecule has 0 aliphatic carbocycles. The smallest absolute Gasteiger partial charge is 0.240 e. The number of aliphatic hydroxyl groups is 1. The minimum atomic E-state index is -0.437. The van der Waals surface area contributed by atoms with E-state index in [0.29, 0.717) is 26.1 Å². The predicted octanol–water partition coefficient (Wildman–Crippen LogP) is 2.28. The van der Waals surface area contributed by atoms with Gasteiger partial charge in [-0.25, -0.2) is 0 Å². The van der Waals surface area contributed by atoms with Crippen molar-refractivity contribution in [1.29, 1.82) is 0 Å². The lowest BCUT2D eigenvalue weighted by molar-refractivity contribution is -0.135. The molecule has 0 radical (unpaired) electrons. The van der Waals surface area contributed by atoms with Gasteiger partial charge < -0.3 is 10.0 Å². The van der Waals surface area contributed by atoms with E-state index in [1.54, 1.807) is 4.90 Å². The van der Waals surface area contributed by atoms with Crippen molar-refractivity contribution in [3.63, 3.8) is 0 Å². The zero-order valence-electron chi connectivity index (χ0n) is 14.0. The van der Waals surface area contributed by atoms with Crippen molar-refractivity contribution in [3.8, 4) is 0 Å². The summed E-state index contributed by atoms with van der Waals surface area (Å²) in [6.07, 6.45) is 0.0675. The number of likely N-dealkylation sites (N-methyl/N-ethyl adjacent to an activating group) is 1. The van der Waals surface area contributed by atoms with Crippen LogP contribution >= 0.6 is 0 Å². The van der Waals surface area contributed by atoms with Crippen LogP contribution < -0.4 is 0 Å². The molecule has 4 heteroatoms. The summed E-state index contributed by atoms with van der Waals surface area (Å²) in [5.74, 6) is 0.0753. The van der Waals surface area contributed by atoms with Crippen molar-refractivity contribution < 1.29 is 9.90 Å². The van der Waals surface area contributed by atoms with Gasteiger partial charge in [0.25, 0.3) is 0 Å². The van der Waals surface area contributed by atoms with Crippen molar-refractivity contribution in [3.05, 3.63) is 71.8 Å². The van der Waals surface area contributed by atoms with Crippen LogP contribution in [-0.4, -0.2) is 46.6 Å². The molecule has 1 aliphatic rings. The number of benzene rings is 2. The maximum absolute atomic E-state index is 12.9. The van der Waals surface area contributed by atoms with Crippen molar-refractivity contribution in [1.82, 2.24) is 9.80 Å². The van der Waals surface area contributed by atoms with Crippen LogP contribution in [0.25, 0.3) is 0 Å². The average Bonchev–Trinajstić information content (AvgIpc) is 2.96. The van der Waals surface area contributed by atoms with Crippen molar-refractivity contribution in [2.75, 3.05) is 13.6 Å². The van der Waals surface area contributed by atoms with Crippen LogP contribution in [0.1, 0.15) is 17.5 Å². The summed E-state index contributed by atoms with van der Waals surface area (Å²) in [6.45, 7) is 1.82. The minimum Gasteiger partial charge on any atom is -0.392 e. The number of hydrogen-bond donors (Lipinski definition) is 1. The normalized spacial score (nSPS) is 20.9. The predicted molar refractivity (Wildman–Crippen MR) is 94.2 cm³/mol. The number of hydrogen-bond acceptors (Lipinski definition) is 3. The Morgan fingerprint density at radius 1 is 1.08 bits per heavy atom. The fraction of sp³-hybridized carbons (Fsp3) is 0.350. The summed E-state index contributed by atoms with van der Waals surface area (Å²) in [7, 11) is 1.83. The first kappa shape index (κ1) is 16.7. The summed E-state index contributed by atoms with van der Waals surface area (Å²) >= 11 is 0. The van der Waals surface area contributed by atoms with E-state index >= 15 is 0 Å². The van der Waals surface area contributed by atoms with Crippen LogP contribution in [0.15, 0.2) is 60.7 Å². The quantitative estimate of drug-likeness (QED) is 0.918. The molecule has 1 amide bonds. The molecule has 1 heterocycles. The maximum Gasteiger partial charge on any atom is 0.240 e. The SMILES string of the molecule is CN(Cc1ccccc1)C(=O)[C@@H]1CC(O)CN1Cc1ccccc1. The molecule has 1 fully saturated rings. The highest BCUT2D eigenvalue weighted by molar-refractivity contribution is 5.82. The van der Waals surface area contributed by atoms with Gasteiger partial charge in [-0.3, -0.25) is 9.69 Å². The van der Waals surface area contributed by atoms with Crippen molar-refractivity contribution >= 4 is 5.91 Å². The van der Waals surface area contributed by atoms with Gasteiger partial charge in [0.1, 0.15) is 0 Å². The first-order valence-corrected chi connectivity index (χ1v) is 8.38. The third kappa shape index (κ3) is 4.02. The summed E-state index contributed by atoms with van der Waals surface area (Å²) in [4.78, 5) is 16.7. The molecule has 0 aromatic heterocycles. The maximum atomic E-state index is 12.9. The first-order valence-electron chi connectivity index (χ1n) is 8.38. The Hall–Kier alpha value is -2.17. The summed E-state index contributed by atoms with van der Waals surface area (Å²) in [6, 6.07) is 19.8. The fourth-order valence-corrected chi connectivity index (χ4v) is 3.32. The topological polar surface area (TPSA) is 43.8 Å². The molecule has 24 heavy (non-hydrogen) atoms. The van der Waals surface area contributed by atoms with Gasteiger partial charge in [0.05, 0.1) is 12.1 Å². The highest BCUT2D eigenvalue weighted by atomic mass is 16.3. The standard InChI is InChI=1S/C20H24N2O2/c1-21(13-16-8-4-2-5-9-16)20(24)19-12-18(23)15-22(19)14-17-10-6-3-7-11-17/h2-11,18-19,23H,12-15H2,1H3/t18?,19-/m0/s1. The Kier molecular flexibility index (Phi) is 5.28. The van der Waals surface area contributed by atoms with Gasteiger partial charge >= 0.3 is 0 Å². The van der Waals surface area contributed by atoms with E-state index in [1.165, 1.54) is 0 Å². The third-order valence-electron chi connectivity index (χ3n) is 4.53. The van der Waals surface area contributed by atoms with Crippen LogP contribution in [0.2, 0.25) is 0 Å². The summed E-state index contributed by atoms with van der Waals surface area (Å²) in [5, 5.41) is 10.1. The Morgan fingerprint density at radius 3 is 2.29 bits per heavy atom. The summed E-state index contributed by atoms with van der Waals surface area (Å²) < 4.78 is 0. The number of aliphatic hydroxyl groups excluding tert-OH is 1. The molecule has 2 atom stereocenters. The molecule has 3 rings (SSSR count). The number of carbonyl (C=O) groups is 1. The number of β-amino-alcohol motifs (C(OH)–C–C–N with tert-alkyl or cyclic N) is 1. The fourth-order valence-electron chi connectivity index (χ4n) is 3.32. The van der Waals surface area contributed by atoms with E-state index in [2.05, 4.69) is 17.0 Å². The molecular formula is C20H24N2O2. The molecule has 1 saturated heterocycles. The van der Waals surface area contributed by atoms with Crippen molar-refractivity contribution in [2.24, 2.45) is 0 Å². The lowest BCUT2D eigenvalue weighted by atomic mass is 10.1. The molecular weight excluding hydrogens is 300 g/mol. The molecule has 2 aromatic rings. The van der Waals surface area contributed by atoms with E-state index in [4.69, 9.17) is 0 Å². The van der Waals surface area contributed by atoms with E-state index in [1.807, 2.05) is 55.6 Å². The minimum absolute atomic E-state index is 0.0753. The molecule has 0 bridgehead atoms. The second-order valence-electron chi connectivity index (χ2n) is 6.50. The number of carbonyl (C=O) groups excluding carboxylic acids is 1. The van der Waals surface area contributed by atoms with Crippen LogP contribution in [0.4, 0.5) is 0 Å². The highest BCUT2D eigenvalue weighted by Gasteiger charge is 2.37. The largest absolute Gasteiger partial charge is 0.392 e. The van der Waals surface area contributed by atoms with E-state index in [-0.39, 0.29) is 11.9 Å².